The Balaban J connectivity index is 1.93. The molecule has 0 bridgehead atoms. The van der Waals surface area contributed by atoms with Crippen LogP contribution in [0.15, 0.2) is 33.9 Å². The number of benzene rings is 1. The van der Waals surface area contributed by atoms with Gasteiger partial charge >= 0.3 is 11.7 Å². The molecule has 1 aromatic carbocycles. The summed E-state index contributed by atoms with van der Waals surface area (Å²) in [5, 5.41) is 0. The molecule has 1 aromatic heterocycles. The van der Waals surface area contributed by atoms with Gasteiger partial charge in [-0.2, -0.15) is 0 Å². The summed E-state index contributed by atoms with van der Waals surface area (Å²) >= 11 is 0. The number of hydrogen-bond acceptors (Lipinski definition) is 7. The predicted octanol–water partition coefficient (Wildman–Crippen LogP) is 0.0231. The minimum Gasteiger partial charge on any atom is -0.482 e. The van der Waals surface area contributed by atoms with Crippen molar-refractivity contribution in [3.8, 4) is 5.75 Å². The molecule has 0 saturated carbocycles. The summed E-state index contributed by atoms with van der Waals surface area (Å²) < 4.78 is 11.0. The van der Waals surface area contributed by atoms with Gasteiger partial charge in [-0.3, -0.25) is 19.1 Å². The van der Waals surface area contributed by atoms with Gasteiger partial charge in [0.05, 0.1) is 0 Å². The topological polar surface area (TPSA) is 133 Å². The first-order valence-corrected chi connectivity index (χ1v) is 7.82. The van der Waals surface area contributed by atoms with E-state index in [4.69, 9.17) is 15.2 Å². The van der Waals surface area contributed by atoms with E-state index in [1.807, 2.05) is 24.0 Å². The van der Waals surface area contributed by atoms with Gasteiger partial charge in [-0.25, -0.2) is 9.59 Å². The number of aryl methyl sites for hydroxylation is 1. The lowest BCUT2D eigenvalue weighted by Gasteiger charge is -2.09. The number of carbonyl (C=O) groups is 2. The van der Waals surface area contributed by atoms with E-state index in [2.05, 4.69) is 0 Å². The lowest BCUT2D eigenvalue weighted by Crippen LogP contribution is -2.36. The third kappa shape index (κ3) is 4.38. The molecule has 0 atom stereocenters. The fraction of sp³-hybridized carbons (Fsp3) is 0.294. The zero-order valence-corrected chi connectivity index (χ0v) is 14.4. The lowest BCUT2D eigenvalue weighted by molar-refractivity contribution is -0.144. The molecule has 138 valence electrons. The molecule has 9 nitrogen and oxygen atoms in total. The number of rotatable bonds is 7. The van der Waals surface area contributed by atoms with E-state index in [0.717, 1.165) is 16.6 Å². The van der Waals surface area contributed by atoms with Gasteiger partial charge in [-0.05, 0) is 24.1 Å². The molecule has 0 aliphatic carbocycles. The molecule has 0 radical (unpaired) electrons. The Labute approximate surface area is 148 Å². The average Bonchev–Trinajstić information content (AvgIpc) is 2.63. The van der Waals surface area contributed by atoms with Gasteiger partial charge in [0.2, 0.25) is 5.78 Å². The monoisotopic (exact) mass is 361 g/mol. The molecule has 26 heavy (non-hydrogen) atoms. The molecule has 1 heterocycles. The van der Waals surface area contributed by atoms with E-state index in [0.29, 0.717) is 5.75 Å². The number of esters is 1. The molecule has 0 spiro atoms. The second-order valence-electron chi connectivity index (χ2n) is 5.45. The second kappa shape index (κ2) is 8.15. The van der Waals surface area contributed by atoms with Crippen molar-refractivity contribution < 1.29 is 19.1 Å². The van der Waals surface area contributed by atoms with E-state index in [9.17, 15) is 19.2 Å². The van der Waals surface area contributed by atoms with Crippen molar-refractivity contribution in [1.82, 2.24) is 9.55 Å². The maximum absolute atomic E-state index is 12.1. The molecule has 0 aliphatic heterocycles. The lowest BCUT2D eigenvalue weighted by atomic mass is 10.2. The largest absolute Gasteiger partial charge is 0.482 e. The molecule has 0 saturated heterocycles. The fourth-order valence-corrected chi connectivity index (χ4v) is 2.13. The molecule has 0 unspecified atom stereocenters. The molecular formula is C17H19N3O6. The molecule has 2 rings (SSSR count). The van der Waals surface area contributed by atoms with Gasteiger partial charge in [0, 0.05) is 7.05 Å². The third-order valence-electron chi connectivity index (χ3n) is 3.70. The molecule has 0 amide bonds. The number of aromatic nitrogens is 2. The van der Waals surface area contributed by atoms with Gasteiger partial charge in [0.15, 0.2) is 13.2 Å². The van der Waals surface area contributed by atoms with Crippen molar-refractivity contribution in [1.29, 1.82) is 0 Å². The van der Waals surface area contributed by atoms with E-state index in [-0.39, 0.29) is 5.82 Å². The van der Waals surface area contributed by atoms with Gasteiger partial charge in [0.25, 0.3) is 5.56 Å². The molecular weight excluding hydrogens is 342 g/mol. The van der Waals surface area contributed by atoms with Crippen LogP contribution < -0.4 is 21.7 Å². The Hall–Kier alpha value is -3.36. The summed E-state index contributed by atoms with van der Waals surface area (Å²) in [6.07, 6.45) is 0.887. The Morgan fingerprint density at radius 2 is 1.81 bits per heavy atom. The van der Waals surface area contributed by atoms with E-state index < -0.39 is 41.8 Å². The minimum atomic E-state index is -0.932. The van der Waals surface area contributed by atoms with Crippen molar-refractivity contribution >= 4 is 17.6 Å². The summed E-state index contributed by atoms with van der Waals surface area (Å²) in [5.74, 6) is -1.41. The predicted molar refractivity (Wildman–Crippen MR) is 93.3 cm³/mol. The van der Waals surface area contributed by atoms with Crippen LogP contribution in [-0.4, -0.2) is 34.5 Å². The number of ether oxygens (including phenoxy) is 2. The molecule has 3 N–H and O–H groups in total. The normalized spacial score (nSPS) is 10.4. The molecule has 9 heteroatoms. The Kier molecular flexibility index (Phi) is 5.94. The first-order chi connectivity index (χ1) is 12.3. The SMILES string of the molecule is CCc1ccc(OCC(=O)OCC(=O)c2c(N)n(C)c(=O)[nH]c2=O)cc1. The number of carbonyl (C=O) groups excluding carboxylic acids is 2. The number of H-pyrrole nitrogens is 1. The fourth-order valence-electron chi connectivity index (χ4n) is 2.13. The van der Waals surface area contributed by atoms with Gasteiger partial charge in [-0.15, -0.1) is 0 Å². The highest BCUT2D eigenvalue weighted by molar-refractivity contribution is 6.01. The van der Waals surface area contributed by atoms with E-state index in [1.54, 1.807) is 12.1 Å². The van der Waals surface area contributed by atoms with Crippen LogP contribution in [0.1, 0.15) is 22.8 Å². The number of nitrogens with one attached hydrogen (secondary N) is 1. The van der Waals surface area contributed by atoms with Crippen LogP contribution in [0.5, 0.6) is 5.75 Å². The van der Waals surface area contributed by atoms with Crippen molar-refractivity contribution in [2.24, 2.45) is 7.05 Å². The highest BCUT2D eigenvalue weighted by Crippen LogP contribution is 2.12. The van der Waals surface area contributed by atoms with Gasteiger partial charge in [0.1, 0.15) is 17.1 Å². The van der Waals surface area contributed by atoms with E-state index in [1.165, 1.54) is 7.05 Å². The summed E-state index contributed by atoms with van der Waals surface area (Å²) in [6, 6.07) is 7.20. The van der Waals surface area contributed by atoms with Crippen LogP contribution in [0.3, 0.4) is 0 Å². The number of ketones is 1. The number of anilines is 1. The highest BCUT2D eigenvalue weighted by atomic mass is 16.6. The first kappa shape index (κ1) is 19.0. The number of aromatic amines is 1. The summed E-state index contributed by atoms with van der Waals surface area (Å²) in [7, 11) is 1.30. The van der Waals surface area contributed by atoms with Crippen LogP contribution in [0.25, 0.3) is 0 Å². The van der Waals surface area contributed by atoms with Crippen LogP contribution in [-0.2, 0) is 23.0 Å². The van der Waals surface area contributed by atoms with E-state index >= 15 is 0 Å². The molecule has 0 fully saturated rings. The maximum atomic E-state index is 12.1. The molecule has 0 aliphatic rings. The quantitative estimate of drug-likeness (QED) is 0.524. The molecule has 2 aromatic rings. The van der Waals surface area contributed by atoms with Crippen molar-refractivity contribution in [2.75, 3.05) is 18.9 Å². The maximum Gasteiger partial charge on any atom is 0.344 e. The number of nitrogen functional groups attached to an aromatic ring is 1. The van der Waals surface area contributed by atoms with Crippen LogP contribution >= 0.6 is 0 Å². The van der Waals surface area contributed by atoms with Gasteiger partial charge < -0.3 is 15.2 Å². The Bertz CT molecular complexity index is 927. The summed E-state index contributed by atoms with van der Waals surface area (Å²) in [5.41, 5.74) is 4.62. The highest BCUT2D eigenvalue weighted by Gasteiger charge is 2.19. The average molecular weight is 361 g/mol. The summed E-state index contributed by atoms with van der Waals surface area (Å²) in [6.45, 7) is 0.937. The van der Waals surface area contributed by atoms with Gasteiger partial charge in [-0.1, -0.05) is 19.1 Å². The standard InChI is InChI=1S/C17H19N3O6/c1-3-10-4-6-11(7-5-10)25-9-13(22)26-8-12(21)14-15(18)20(2)17(24)19-16(14)23/h4-7H,3,8-9,18H2,1-2H3,(H,19,23,24). The minimum absolute atomic E-state index is 0.299. The number of hydrogen-bond donors (Lipinski definition) is 2. The van der Waals surface area contributed by atoms with Crippen LogP contribution in [0.2, 0.25) is 0 Å². The zero-order valence-electron chi connectivity index (χ0n) is 14.4. The van der Waals surface area contributed by atoms with Crippen molar-refractivity contribution in [2.45, 2.75) is 13.3 Å². The summed E-state index contributed by atoms with van der Waals surface area (Å²) in [4.78, 5) is 48.8. The smallest absolute Gasteiger partial charge is 0.344 e. The number of nitrogens with two attached hydrogens (primary N) is 1. The van der Waals surface area contributed by atoms with Crippen molar-refractivity contribution in [3.63, 3.8) is 0 Å². The number of nitrogens with zero attached hydrogens (tertiary/aromatic N) is 1. The Morgan fingerprint density at radius 1 is 1.15 bits per heavy atom. The van der Waals surface area contributed by atoms with Crippen LogP contribution in [0, 0.1) is 0 Å². The first-order valence-electron chi connectivity index (χ1n) is 7.82. The number of Topliss-reactive ketones (excluding diaryl/α,β-unsaturated/α-hetero) is 1. The third-order valence-corrected chi connectivity index (χ3v) is 3.70. The van der Waals surface area contributed by atoms with Crippen molar-refractivity contribution in [3.05, 3.63) is 56.2 Å². The van der Waals surface area contributed by atoms with Crippen LogP contribution in [0.4, 0.5) is 5.82 Å². The zero-order chi connectivity index (χ0) is 19.3. The Morgan fingerprint density at radius 3 is 2.42 bits per heavy atom. The second-order valence-corrected chi connectivity index (χ2v) is 5.45.